The second-order valence-electron chi connectivity index (χ2n) is 3.00. The number of carbonyl (C=O) groups excluding carboxylic acids is 2. The number of carboxylic acid groups (broad SMARTS) is 1. The lowest BCUT2D eigenvalue weighted by Gasteiger charge is -2.07. The van der Waals surface area contributed by atoms with E-state index in [9.17, 15) is 14.4 Å². The highest BCUT2D eigenvalue weighted by molar-refractivity contribution is 8.00. The average molecular weight is 290 g/mol. The van der Waals surface area contributed by atoms with Gasteiger partial charge in [0.1, 0.15) is 10.2 Å². The molecule has 0 saturated heterocycles. The van der Waals surface area contributed by atoms with Crippen LogP contribution in [-0.2, 0) is 14.4 Å². The van der Waals surface area contributed by atoms with Crippen LogP contribution in [0.15, 0.2) is 17.2 Å². The van der Waals surface area contributed by atoms with E-state index in [4.69, 9.17) is 22.4 Å². The third-order valence-electron chi connectivity index (χ3n) is 1.62. The fourth-order valence-corrected chi connectivity index (χ4v) is 1.85. The van der Waals surface area contributed by atoms with Gasteiger partial charge in [0.05, 0.1) is 11.4 Å². The van der Waals surface area contributed by atoms with E-state index in [0.717, 1.165) is 11.8 Å². The minimum atomic E-state index is -1.63. The lowest BCUT2D eigenvalue weighted by Crippen LogP contribution is -2.22. The number of carboxylic acids is 1. The van der Waals surface area contributed by atoms with Gasteiger partial charge in [-0.25, -0.2) is 9.78 Å². The number of nitrogens with zero attached hydrogens (tertiary/aromatic N) is 1. The number of pyridine rings is 1. The Morgan fingerprint density at radius 2 is 2.11 bits per heavy atom. The van der Waals surface area contributed by atoms with E-state index >= 15 is 0 Å². The second kappa shape index (κ2) is 6.22. The molecule has 9 heteroatoms. The van der Waals surface area contributed by atoms with Gasteiger partial charge < -0.3 is 16.2 Å². The predicted molar refractivity (Wildman–Crippen MR) is 65.4 cm³/mol. The molecule has 1 rings (SSSR count). The number of amides is 2. The number of halogens is 1. The van der Waals surface area contributed by atoms with Crippen LogP contribution in [0, 0.1) is 0 Å². The van der Waals surface area contributed by atoms with Crippen LogP contribution in [0.4, 0.5) is 5.69 Å². The Morgan fingerprint density at radius 3 is 2.67 bits per heavy atom. The molecule has 0 radical (unpaired) electrons. The van der Waals surface area contributed by atoms with Crippen molar-refractivity contribution in [3.05, 3.63) is 17.3 Å². The summed E-state index contributed by atoms with van der Waals surface area (Å²) < 4.78 is 0. The molecule has 1 aromatic heterocycles. The fraction of sp³-hybridized carbons (Fsp3) is 0.111. The Hall–Kier alpha value is -1.80. The largest absolute Gasteiger partial charge is 0.474 e. The number of rotatable bonds is 4. The standard InChI is InChI=1S/C9H8ClN3O4S/c10-5-2-1-4(12-7(15)9(16)17)8(13-5)18-3-6(11)14/h1-2H,3H2,(H2,11,14)(H,12,15)(H,16,17). The number of aliphatic carboxylic acids is 1. The number of thioether (sulfide) groups is 1. The molecule has 1 aromatic rings. The van der Waals surface area contributed by atoms with Crippen molar-refractivity contribution in [1.29, 1.82) is 0 Å². The Kier molecular flexibility index (Phi) is 4.93. The SMILES string of the molecule is NC(=O)CSc1nc(Cl)ccc1NC(=O)C(=O)O. The van der Waals surface area contributed by atoms with Crippen molar-refractivity contribution >= 4 is 46.8 Å². The minimum absolute atomic E-state index is 0.0662. The lowest BCUT2D eigenvalue weighted by atomic mass is 10.4. The number of hydrogen-bond donors (Lipinski definition) is 3. The number of aromatic nitrogens is 1. The van der Waals surface area contributed by atoms with Gasteiger partial charge in [0.15, 0.2) is 0 Å². The number of anilines is 1. The van der Waals surface area contributed by atoms with E-state index in [1.165, 1.54) is 12.1 Å². The topological polar surface area (TPSA) is 122 Å². The highest BCUT2D eigenvalue weighted by Crippen LogP contribution is 2.26. The van der Waals surface area contributed by atoms with Gasteiger partial charge in [-0.1, -0.05) is 23.4 Å². The first-order valence-electron chi connectivity index (χ1n) is 4.52. The van der Waals surface area contributed by atoms with Crippen LogP contribution >= 0.6 is 23.4 Å². The minimum Gasteiger partial charge on any atom is -0.474 e. The van der Waals surface area contributed by atoms with Gasteiger partial charge in [0.25, 0.3) is 0 Å². The highest BCUT2D eigenvalue weighted by Gasteiger charge is 2.15. The number of hydrogen-bond acceptors (Lipinski definition) is 5. The van der Waals surface area contributed by atoms with E-state index in [1.54, 1.807) is 0 Å². The van der Waals surface area contributed by atoms with E-state index in [-0.39, 0.29) is 21.6 Å². The fourth-order valence-electron chi connectivity index (χ4n) is 0.938. The summed E-state index contributed by atoms with van der Waals surface area (Å²) in [6.45, 7) is 0. The third kappa shape index (κ3) is 4.22. The molecule has 0 aliphatic carbocycles. The molecular formula is C9H8ClN3O4S. The number of carbonyl (C=O) groups is 3. The summed E-state index contributed by atoms with van der Waals surface area (Å²) in [5.74, 6) is -3.48. The monoisotopic (exact) mass is 289 g/mol. The van der Waals surface area contributed by atoms with Crippen LogP contribution < -0.4 is 11.1 Å². The van der Waals surface area contributed by atoms with Gasteiger partial charge in [-0.3, -0.25) is 9.59 Å². The summed E-state index contributed by atoms with van der Waals surface area (Å²) in [6, 6.07) is 2.77. The Bertz CT molecular complexity index is 509. The quantitative estimate of drug-likeness (QED) is 0.417. The van der Waals surface area contributed by atoms with Crippen LogP contribution in [0.1, 0.15) is 0 Å². The Morgan fingerprint density at radius 1 is 1.44 bits per heavy atom. The van der Waals surface area contributed by atoms with E-state index in [0.29, 0.717) is 0 Å². The first-order chi connectivity index (χ1) is 8.40. The lowest BCUT2D eigenvalue weighted by molar-refractivity contribution is -0.147. The summed E-state index contributed by atoms with van der Waals surface area (Å²) in [5, 5.41) is 11.0. The van der Waals surface area contributed by atoms with E-state index < -0.39 is 17.8 Å². The van der Waals surface area contributed by atoms with Crippen molar-refractivity contribution in [2.75, 3.05) is 11.1 Å². The normalized spacial score (nSPS) is 9.83. The van der Waals surface area contributed by atoms with Crippen molar-refractivity contribution in [1.82, 2.24) is 4.98 Å². The molecule has 0 saturated carbocycles. The summed E-state index contributed by atoms with van der Waals surface area (Å²) >= 11 is 6.61. The van der Waals surface area contributed by atoms with Crippen LogP contribution in [0.2, 0.25) is 5.15 Å². The maximum atomic E-state index is 11.0. The van der Waals surface area contributed by atoms with Crippen LogP contribution in [0.5, 0.6) is 0 Å². The second-order valence-corrected chi connectivity index (χ2v) is 4.35. The zero-order valence-corrected chi connectivity index (χ0v) is 10.4. The van der Waals surface area contributed by atoms with E-state index in [2.05, 4.69) is 10.3 Å². The highest BCUT2D eigenvalue weighted by atomic mass is 35.5. The van der Waals surface area contributed by atoms with Gasteiger partial charge in [0, 0.05) is 0 Å². The number of nitrogens with two attached hydrogens (primary N) is 1. The first-order valence-corrected chi connectivity index (χ1v) is 5.88. The molecule has 0 spiro atoms. The summed E-state index contributed by atoms with van der Waals surface area (Å²) in [6.07, 6.45) is 0. The molecule has 96 valence electrons. The first kappa shape index (κ1) is 14.3. The van der Waals surface area contributed by atoms with Gasteiger partial charge in [-0.05, 0) is 12.1 Å². The van der Waals surface area contributed by atoms with Crippen LogP contribution in [0.25, 0.3) is 0 Å². The van der Waals surface area contributed by atoms with Gasteiger partial charge in [-0.15, -0.1) is 0 Å². The average Bonchev–Trinajstić information content (AvgIpc) is 2.29. The molecule has 0 unspecified atom stereocenters. The molecular weight excluding hydrogens is 282 g/mol. The third-order valence-corrected chi connectivity index (χ3v) is 2.84. The van der Waals surface area contributed by atoms with Crippen molar-refractivity contribution in [2.24, 2.45) is 5.73 Å². The van der Waals surface area contributed by atoms with Crippen molar-refractivity contribution in [3.63, 3.8) is 0 Å². The summed E-state index contributed by atoms with van der Waals surface area (Å²) in [7, 11) is 0. The molecule has 0 aromatic carbocycles. The predicted octanol–water partition coefficient (Wildman–Crippen LogP) is 0.335. The maximum absolute atomic E-state index is 11.0. The molecule has 0 aliphatic heterocycles. The van der Waals surface area contributed by atoms with Crippen LogP contribution in [-0.4, -0.2) is 33.6 Å². The Balaban J connectivity index is 2.92. The molecule has 0 bridgehead atoms. The number of primary amides is 1. The molecule has 7 nitrogen and oxygen atoms in total. The van der Waals surface area contributed by atoms with Crippen molar-refractivity contribution in [2.45, 2.75) is 5.03 Å². The molecule has 1 heterocycles. The molecule has 0 atom stereocenters. The van der Waals surface area contributed by atoms with Gasteiger partial charge >= 0.3 is 11.9 Å². The molecule has 0 fully saturated rings. The number of nitrogens with one attached hydrogen (secondary N) is 1. The molecule has 0 aliphatic rings. The summed E-state index contributed by atoms with van der Waals surface area (Å²) in [4.78, 5) is 36.0. The molecule has 4 N–H and O–H groups in total. The van der Waals surface area contributed by atoms with Gasteiger partial charge in [-0.2, -0.15) is 0 Å². The summed E-state index contributed by atoms with van der Waals surface area (Å²) in [5.41, 5.74) is 5.13. The smallest absolute Gasteiger partial charge is 0.394 e. The molecule has 2 amide bonds. The van der Waals surface area contributed by atoms with E-state index in [1.807, 2.05) is 0 Å². The van der Waals surface area contributed by atoms with Crippen LogP contribution in [0.3, 0.4) is 0 Å². The van der Waals surface area contributed by atoms with Crippen molar-refractivity contribution < 1.29 is 19.5 Å². The zero-order valence-electron chi connectivity index (χ0n) is 8.84. The van der Waals surface area contributed by atoms with Crippen molar-refractivity contribution in [3.8, 4) is 0 Å². The maximum Gasteiger partial charge on any atom is 0.394 e. The zero-order chi connectivity index (χ0) is 13.7. The Labute approximate surface area is 111 Å². The van der Waals surface area contributed by atoms with Gasteiger partial charge in [0.2, 0.25) is 5.91 Å². The molecule has 18 heavy (non-hydrogen) atoms.